The highest BCUT2D eigenvalue weighted by Crippen LogP contribution is 2.28. The predicted molar refractivity (Wildman–Crippen MR) is 101 cm³/mol. The Morgan fingerprint density at radius 1 is 1.12 bits per heavy atom. The highest BCUT2D eigenvalue weighted by molar-refractivity contribution is 6.04. The second-order valence-corrected chi connectivity index (χ2v) is 6.48. The number of carbonyl (C=O) groups is 2. The minimum absolute atomic E-state index is 0.0588. The SMILES string of the molecule is COc1ccnc(C(=O)Nc2cccc(NC(=O)C3CCCC3)c2C)c1. The molecule has 1 aromatic heterocycles. The molecule has 0 unspecified atom stereocenters. The van der Waals surface area contributed by atoms with Crippen molar-refractivity contribution >= 4 is 23.2 Å². The molecule has 0 saturated heterocycles. The summed E-state index contributed by atoms with van der Waals surface area (Å²) < 4.78 is 5.12. The molecular formula is C20H23N3O3. The number of hydrogen-bond donors (Lipinski definition) is 2. The first-order valence-corrected chi connectivity index (χ1v) is 8.80. The van der Waals surface area contributed by atoms with E-state index >= 15 is 0 Å². The molecule has 0 atom stereocenters. The molecule has 3 rings (SSSR count). The summed E-state index contributed by atoms with van der Waals surface area (Å²) in [6.45, 7) is 1.87. The molecule has 1 heterocycles. The van der Waals surface area contributed by atoms with E-state index in [-0.39, 0.29) is 23.4 Å². The van der Waals surface area contributed by atoms with Crippen LogP contribution >= 0.6 is 0 Å². The third-order valence-electron chi connectivity index (χ3n) is 4.77. The van der Waals surface area contributed by atoms with Crippen LogP contribution in [0, 0.1) is 12.8 Å². The van der Waals surface area contributed by atoms with E-state index in [4.69, 9.17) is 4.74 Å². The van der Waals surface area contributed by atoms with Crippen molar-refractivity contribution < 1.29 is 14.3 Å². The molecule has 1 aliphatic carbocycles. The summed E-state index contributed by atoms with van der Waals surface area (Å²) in [4.78, 5) is 28.9. The molecule has 1 aromatic carbocycles. The summed E-state index contributed by atoms with van der Waals surface area (Å²) in [5.41, 5.74) is 2.45. The van der Waals surface area contributed by atoms with Crippen LogP contribution < -0.4 is 15.4 Å². The number of rotatable bonds is 5. The van der Waals surface area contributed by atoms with Gasteiger partial charge in [0.15, 0.2) is 0 Å². The number of methoxy groups -OCH3 is 1. The second kappa shape index (κ2) is 7.99. The largest absolute Gasteiger partial charge is 0.497 e. The predicted octanol–water partition coefficient (Wildman–Crippen LogP) is 3.78. The van der Waals surface area contributed by atoms with E-state index in [2.05, 4.69) is 15.6 Å². The summed E-state index contributed by atoms with van der Waals surface area (Å²) in [6, 6.07) is 8.73. The van der Waals surface area contributed by atoms with Gasteiger partial charge in [0.1, 0.15) is 11.4 Å². The maximum absolute atomic E-state index is 12.5. The van der Waals surface area contributed by atoms with E-state index in [1.54, 1.807) is 18.2 Å². The van der Waals surface area contributed by atoms with Gasteiger partial charge in [-0.05, 0) is 43.5 Å². The first-order valence-electron chi connectivity index (χ1n) is 8.80. The van der Waals surface area contributed by atoms with Gasteiger partial charge in [0.2, 0.25) is 5.91 Å². The summed E-state index contributed by atoms with van der Waals surface area (Å²) in [6.07, 6.45) is 5.64. The van der Waals surface area contributed by atoms with E-state index < -0.39 is 0 Å². The van der Waals surface area contributed by atoms with E-state index in [0.29, 0.717) is 11.4 Å². The Balaban J connectivity index is 1.74. The molecule has 1 aliphatic rings. The van der Waals surface area contributed by atoms with Crippen molar-refractivity contribution in [2.24, 2.45) is 5.92 Å². The fraction of sp³-hybridized carbons (Fsp3) is 0.350. The average molecular weight is 353 g/mol. The third kappa shape index (κ3) is 4.02. The number of ether oxygens (including phenoxy) is 1. The number of aromatic nitrogens is 1. The van der Waals surface area contributed by atoms with Gasteiger partial charge < -0.3 is 15.4 Å². The number of nitrogens with one attached hydrogen (secondary N) is 2. The first-order chi connectivity index (χ1) is 12.6. The lowest BCUT2D eigenvalue weighted by atomic mass is 10.1. The minimum atomic E-state index is -0.328. The highest BCUT2D eigenvalue weighted by Gasteiger charge is 2.23. The Kier molecular flexibility index (Phi) is 5.51. The monoisotopic (exact) mass is 353 g/mol. The highest BCUT2D eigenvalue weighted by atomic mass is 16.5. The van der Waals surface area contributed by atoms with Crippen molar-refractivity contribution in [2.75, 3.05) is 17.7 Å². The molecule has 2 N–H and O–H groups in total. The van der Waals surface area contributed by atoms with Gasteiger partial charge in [-0.1, -0.05) is 18.9 Å². The fourth-order valence-corrected chi connectivity index (χ4v) is 3.18. The number of carbonyl (C=O) groups excluding carboxylic acids is 2. The van der Waals surface area contributed by atoms with Crippen LogP contribution in [0.2, 0.25) is 0 Å². The topological polar surface area (TPSA) is 80.3 Å². The maximum atomic E-state index is 12.5. The van der Waals surface area contributed by atoms with Crippen LogP contribution in [0.5, 0.6) is 5.75 Å². The molecule has 0 bridgehead atoms. The third-order valence-corrected chi connectivity index (χ3v) is 4.77. The van der Waals surface area contributed by atoms with Gasteiger partial charge in [-0.3, -0.25) is 14.6 Å². The lowest BCUT2D eigenvalue weighted by molar-refractivity contribution is -0.119. The molecule has 1 saturated carbocycles. The normalized spacial score (nSPS) is 14.1. The zero-order chi connectivity index (χ0) is 18.5. The number of anilines is 2. The van der Waals surface area contributed by atoms with E-state index in [1.807, 2.05) is 19.1 Å². The van der Waals surface area contributed by atoms with E-state index in [1.165, 1.54) is 13.3 Å². The van der Waals surface area contributed by atoms with Gasteiger partial charge in [-0.15, -0.1) is 0 Å². The zero-order valence-electron chi connectivity index (χ0n) is 15.0. The van der Waals surface area contributed by atoms with Crippen molar-refractivity contribution in [3.8, 4) is 5.75 Å². The molecule has 1 fully saturated rings. The number of benzene rings is 1. The lowest BCUT2D eigenvalue weighted by Crippen LogP contribution is -2.21. The molecule has 0 aliphatic heterocycles. The van der Waals surface area contributed by atoms with Crippen LogP contribution in [-0.2, 0) is 4.79 Å². The summed E-state index contributed by atoms with van der Waals surface area (Å²) >= 11 is 0. The Bertz CT molecular complexity index is 814. The number of pyridine rings is 1. The second-order valence-electron chi connectivity index (χ2n) is 6.48. The molecule has 2 aromatic rings. The van der Waals surface area contributed by atoms with Crippen LogP contribution in [0.15, 0.2) is 36.5 Å². The molecule has 26 heavy (non-hydrogen) atoms. The van der Waals surface area contributed by atoms with Crippen molar-refractivity contribution in [3.05, 3.63) is 47.8 Å². The van der Waals surface area contributed by atoms with Crippen molar-refractivity contribution in [2.45, 2.75) is 32.6 Å². The summed E-state index contributed by atoms with van der Waals surface area (Å²) in [7, 11) is 1.54. The Morgan fingerprint density at radius 3 is 2.50 bits per heavy atom. The number of amides is 2. The van der Waals surface area contributed by atoms with Crippen LogP contribution in [0.4, 0.5) is 11.4 Å². The van der Waals surface area contributed by atoms with Gasteiger partial charge >= 0.3 is 0 Å². The van der Waals surface area contributed by atoms with Gasteiger partial charge in [0, 0.05) is 29.6 Å². The smallest absolute Gasteiger partial charge is 0.274 e. The molecule has 0 radical (unpaired) electrons. The molecule has 6 nitrogen and oxygen atoms in total. The number of hydrogen-bond acceptors (Lipinski definition) is 4. The fourth-order valence-electron chi connectivity index (χ4n) is 3.18. The standard InChI is InChI=1S/C20H23N3O3/c1-13-16(22-19(24)14-6-3-4-7-14)8-5-9-17(13)23-20(25)18-12-15(26-2)10-11-21-18/h5,8-12,14H,3-4,6-7H2,1-2H3,(H,22,24)(H,23,25). The van der Waals surface area contributed by atoms with Gasteiger partial charge in [0.25, 0.3) is 5.91 Å². The summed E-state index contributed by atoms with van der Waals surface area (Å²) in [5.74, 6) is 0.392. The van der Waals surface area contributed by atoms with Crippen LogP contribution in [-0.4, -0.2) is 23.9 Å². The van der Waals surface area contributed by atoms with E-state index in [9.17, 15) is 9.59 Å². The Labute approximate surface area is 153 Å². The number of nitrogens with zero attached hydrogens (tertiary/aromatic N) is 1. The molecular weight excluding hydrogens is 330 g/mol. The van der Waals surface area contributed by atoms with Gasteiger partial charge in [-0.2, -0.15) is 0 Å². The van der Waals surface area contributed by atoms with Crippen LogP contribution in [0.1, 0.15) is 41.7 Å². The molecule has 6 heteroatoms. The average Bonchev–Trinajstić information content (AvgIpc) is 3.20. The maximum Gasteiger partial charge on any atom is 0.274 e. The summed E-state index contributed by atoms with van der Waals surface area (Å²) in [5, 5.41) is 5.85. The Hall–Kier alpha value is -2.89. The Morgan fingerprint density at radius 2 is 1.81 bits per heavy atom. The molecule has 2 amide bonds. The van der Waals surface area contributed by atoms with Crippen molar-refractivity contribution in [1.82, 2.24) is 4.98 Å². The van der Waals surface area contributed by atoms with Crippen molar-refractivity contribution in [1.29, 1.82) is 0 Å². The first kappa shape index (κ1) is 17.9. The van der Waals surface area contributed by atoms with E-state index in [0.717, 1.165) is 36.9 Å². The van der Waals surface area contributed by atoms with Crippen molar-refractivity contribution in [3.63, 3.8) is 0 Å². The minimum Gasteiger partial charge on any atom is -0.497 e. The lowest BCUT2D eigenvalue weighted by Gasteiger charge is -2.15. The van der Waals surface area contributed by atoms with Gasteiger partial charge in [-0.25, -0.2) is 0 Å². The van der Waals surface area contributed by atoms with Gasteiger partial charge in [0.05, 0.1) is 7.11 Å². The zero-order valence-corrected chi connectivity index (χ0v) is 15.0. The molecule has 136 valence electrons. The van der Waals surface area contributed by atoms with Crippen LogP contribution in [0.25, 0.3) is 0 Å². The van der Waals surface area contributed by atoms with Crippen LogP contribution in [0.3, 0.4) is 0 Å². The molecule has 0 spiro atoms. The quantitative estimate of drug-likeness (QED) is 0.857.